The fraction of sp³-hybridized carbons (Fsp3) is 0.769. The summed E-state index contributed by atoms with van der Waals surface area (Å²) in [5, 5.41) is 9.81. The predicted molar refractivity (Wildman–Crippen MR) is 124 cm³/mol. The van der Waals surface area contributed by atoms with E-state index >= 15 is 0 Å². The van der Waals surface area contributed by atoms with Gasteiger partial charge in [0, 0.05) is 12.5 Å². The first-order chi connectivity index (χ1) is 14.6. The molecule has 0 fully saturated rings. The first-order valence-corrected chi connectivity index (χ1v) is 12.4. The number of hydrogen-bond acceptors (Lipinski definition) is 4. The summed E-state index contributed by atoms with van der Waals surface area (Å²) < 4.78 is 4.91. The summed E-state index contributed by atoms with van der Waals surface area (Å²) in [7, 11) is 0. The smallest absolute Gasteiger partial charge is 0.350 e. The maximum atomic E-state index is 12.1. The Morgan fingerprint density at radius 1 is 0.767 bits per heavy atom. The fourth-order valence-electron chi connectivity index (χ4n) is 3.99. The van der Waals surface area contributed by atoms with Crippen LogP contribution >= 0.6 is 0 Å². The van der Waals surface area contributed by atoms with Crippen molar-refractivity contribution in [3.63, 3.8) is 0 Å². The van der Waals surface area contributed by atoms with E-state index in [1.165, 1.54) is 96.0 Å². The molecule has 0 aliphatic carbocycles. The van der Waals surface area contributed by atoms with Gasteiger partial charge < -0.3 is 9.52 Å². The fourth-order valence-corrected chi connectivity index (χ4v) is 3.99. The largest absolute Gasteiger partial charge is 0.507 e. The maximum Gasteiger partial charge on any atom is 0.350 e. The number of rotatable bonds is 19. The lowest BCUT2D eigenvalue weighted by Gasteiger charge is -2.04. The maximum absolute atomic E-state index is 12.1. The van der Waals surface area contributed by atoms with E-state index in [4.69, 9.17) is 4.42 Å². The first kappa shape index (κ1) is 26.5. The topological polar surface area (TPSA) is 67.5 Å². The summed E-state index contributed by atoms with van der Waals surface area (Å²) in [6.07, 6.45) is 22.3. The zero-order chi connectivity index (χ0) is 22.0. The molecule has 0 saturated carbocycles. The molecular weight excluding hydrogens is 376 g/mol. The van der Waals surface area contributed by atoms with Crippen LogP contribution in [0.3, 0.4) is 0 Å². The lowest BCUT2D eigenvalue weighted by Crippen LogP contribution is -2.14. The van der Waals surface area contributed by atoms with Gasteiger partial charge in [0.2, 0.25) is 0 Å². The molecule has 0 aliphatic heterocycles. The van der Waals surface area contributed by atoms with Gasteiger partial charge in [-0.25, -0.2) is 4.79 Å². The van der Waals surface area contributed by atoms with E-state index < -0.39 is 5.63 Å². The summed E-state index contributed by atoms with van der Waals surface area (Å²) in [5.74, 6) is -0.269. The molecule has 0 aliphatic rings. The third kappa shape index (κ3) is 12.2. The van der Waals surface area contributed by atoms with Crippen molar-refractivity contribution in [2.45, 2.75) is 129 Å². The van der Waals surface area contributed by atoms with E-state index in [2.05, 4.69) is 6.92 Å². The van der Waals surface area contributed by atoms with Crippen LogP contribution in [0.25, 0.3) is 0 Å². The van der Waals surface area contributed by atoms with Crippen molar-refractivity contribution in [3.05, 3.63) is 27.8 Å². The SMILES string of the molecule is CCCCCCCCCCCCCCCCCCCC(=O)c1c(O)cc(C)oc1=O. The average molecular weight is 421 g/mol. The molecule has 0 bridgehead atoms. The van der Waals surface area contributed by atoms with Gasteiger partial charge in [-0.3, -0.25) is 4.79 Å². The molecule has 4 nitrogen and oxygen atoms in total. The number of unbranched alkanes of at least 4 members (excludes halogenated alkanes) is 16. The Bertz CT molecular complexity index is 632. The van der Waals surface area contributed by atoms with Crippen molar-refractivity contribution >= 4 is 5.78 Å². The molecule has 1 aromatic heterocycles. The van der Waals surface area contributed by atoms with Crippen LogP contribution in [0.4, 0.5) is 0 Å². The molecule has 0 aromatic carbocycles. The van der Waals surface area contributed by atoms with Gasteiger partial charge >= 0.3 is 5.63 Å². The van der Waals surface area contributed by atoms with Crippen LogP contribution in [0.2, 0.25) is 0 Å². The summed E-state index contributed by atoms with van der Waals surface area (Å²) in [5.41, 5.74) is -0.929. The van der Waals surface area contributed by atoms with Gasteiger partial charge in [-0.1, -0.05) is 110 Å². The Hall–Kier alpha value is -1.58. The molecule has 4 heteroatoms. The molecule has 172 valence electrons. The van der Waals surface area contributed by atoms with E-state index in [1.807, 2.05) is 0 Å². The average Bonchev–Trinajstić information content (AvgIpc) is 2.69. The molecule has 0 spiro atoms. The molecule has 1 heterocycles. The van der Waals surface area contributed by atoms with Crippen molar-refractivity contribution in [2.24, 2.45) is 0 Å². The van der Waals surface area contributed by atoms with Crippen LogP contribution < -0.4 is 5.63 Å². The minimum absolute atomic E-state index is 0.197. The summed E-state index contributed by atoms with van der Waals surface area (Å²) in [4.78, 5) is 23.9. The number of ketones is 1. The van der Waals surface area contributed by atoms with E-state index in [1.54, 1.807) is 6.92 Å². The van der Waals surface area contributed by atoms with Gasteiger partial charge in [0.05, 0.1) is 0 Å². The highest BCUT2D eigenvalue weighted by atomic mass is 16.4. The lowest BCUT2D eigenvalue weighted by atomic mass is 10.0. The van der Waals surface area contributed by atoms with Crippen molar-refractivity contribution in [2.75, 3.05) is 0 Å². The third-order valence-corrected chi connectivity index (χ3v) is 5.84. The highest BCUT2D eigenvalue weighted by Crippen LogP contribution is 2.18. The van der Waals surface area contributed by atoms with Gasteiger partial charge in [0.25, 0.3) is 0 Å². The standard InChI is InChI=1S/C26H44O4/c1-3-4-5-6-7-8-9-10-11-12-13-14-15-16-17-18-19-20-23(27)25-24(28)21-22(2)30-26(25)29/h21,28H,3-20H2,1-2H3. The second-order valence-corrected chi connectivity index (χ2v) is 8.73. The van der Waals surface area contributed by atoms with Crippen molar-refractivity contribution in [3.8, 4) is 5.75 Å². The van der Waals surface area contributed by atoms with Crippen molar-refractivity contribution in [1.82, 2.24) is 0 Å². The highest BCUT2D eigenvalue weighted by Gasteiger charge is 2.17. The number of carbonyl (C=O) groups is 1. The summed E-state index contributed by atoms with van der Waals surface area (Å²) in [6, 6.07) is 1.32. The number of carbonyl (C=O) groups excluding carboxylic acids is 1. The van der Waals surface area contributed by atoms with E-state index in [0.717, 1.165) is 19.3 Å². The molecule has 0 atom stereocenters. The van der Waals surface area contributed by atoms with Crippen LogP contribution in [0.5, 0.6) is 5.75 Å². The van der Waals surface area contributed by atoms with Crippen LogP contribution in [-0.4, -0.2) is 10.9 Å². The van der Waals surface area contributed by atoms with Crippen LogP contribution in [0.15, 0.2) is 15.3 Å². The van der Waals surface area contributed by atoms with Gasteiger partial charge in [0.1, 0.15) is 17.1 Å². The molecule has 0 amide bonds. The Labute approximate surface area is 183 Å². The Kier molecular flexibility index (Phi) is 15.1. The summed E-state index contributed by atoms with van der Waals surface area (Å²) in [6.45, 7) is 3.84. The molecule has 0 radical (unpaired) electrons. The van der Waals surface area contributed by atoms with E-state index in [9.17, 15) is 14.7 Å². The number of aryl methyl sites for hydroxylation is 1. The number of aromatic hydroxyl groups is 1. The Morgan fingerprint density at radius 2 is 1.17 bits per heavy atom. The molecule has 0 saturated heterocycles. The van der Waals surface area contributed by atoms with Crippen LogP contribution in [0.1, 0.15) is 139 Å². The van der Waals surface area contributed by atoms with Gasteiger partial charge in [-0.05, 0) is 13.3 Å². The monoisotopic (exact) mass is 420 g/mol. The van der Waals surface area contributed by atoms with Crippen molar-refractivity contribution in [1.29, 1.82) is 0 Å². The lowest BCUT2D eigenvalue weighted by molar-refractivity contribution is 0.0972. The zero-order valence-corrected chi connectivity index (χ0v) is 19.5. The van der Waals surface area contributed by atoms with Gasteiger partial charge in [-0.2, -0.15) is 0 Å². The normalized spacial score (nSPS) is 11.1. The minimum Gasteiger partial charge on any atom is -0.507 e. The Balaban J connectivity index is 1.90. The molecule has 1 rings (SSSR count). The second-order valence-electron chi connectivity index (χ2n) is 8.73. The third-order valence-electron chi connectivity index (χ3n) is 5.84. The first-order valence-electron chi connectivity index (χ1n) is 12.4. The van der Waals surface area contributed by atoms with Crippen LogP contribution in [0, 0.1) is 6.92 Å². The van der Waals surface area contributed by atoms with E-state index in [0.29, 0.717) is 12.2 Å². The van der Waals surface area contributed by atoms with E-state index in [-0.39, 0.29) is 17.1 Å². The molecule has 0 unspecified atom stereocenters. The molecule has 1 aromatic rings. The number of Topliss-reactive ketones (excluding diaryl/α,β-unsaturated/α-hetero) is 1. The zero-order valence-electron chi connectivity index (χ0n) is 19.5. The second kappa shape index (κ2) is 17.1. The molecule has 1 N–H and O–H groups in total. The quantitative estimate of drug-likeness (QED) is 0.182. The predicted octanol–water partition coefficient (Wildman–Crippen LogP) is 7.88. The summed E-state index contributed by atoms with van der Waals surface area (Å²) >= 11 is 0. The highest BCUT2D eigenvalue weighted by molar-refractivity contribution is 5.97. The molecule has 30 heavy (non-hydrogen) atoms. The Morgan fingerprint density at radius 3 is 1.57 bits per heavy atom. The molecular formula is C26H44O4. The van der Waals surface area contributed by atoms with Gasteiger partial charge in [-0.15, -0.1) is 0 Å². The number of hydrogen-bond donors (Lipinski definition) is 1. The minimum atomic E-state index is -0.732. The van der Waals surface area contributed by atoms with Crippen molar-refractivity contribution < 1.29 is 14.3 Å². The van der Waals surface area contributed by atoms with Crippen LogP contribution in [-0.2, 0) is 0 Å². The van der Waals surface area contributed by atoms with Gasteiger partial charge in [0.15, 0.2) is 5.78 Å².